The monoisotopic (exact) mass is 252 g/mol. The molecular formula is C13H17ClN2O. The first kappa shape index (κ1) is 12.4. The molecule has 1 heterocycles. The minimum Gasteiger partial charge on any atom is -0.342 e. The van der Waals surface area contributed by atoms with Crippen molar-refractivity contribution in [3.05, 3.63) is 34.9 Å². The molecule has 2 rings (SSSR count). The number of hydrogen-bond acceptors (Lipinski definition) is 2. The summed E-state index contributed by atoms with van der Waals surface area (Å²) in [7, 11) is 0. The van der Waals surface area contributed by atoms with E-state index in [1.807, 2.05) is 29.2 Å². The zero-order chi connectivity index (χ0) is 12.3. The highest BCUT2D eigenvalue weighted by Crippen LogP contribution is 2.17. The number of likely N-dealkylation sites (tertiary alicyclic amines) is 1. The van der Waals surface area contributed by atoms with Crippen LogP contribution < -0.4 is 5.73 Å². The molecule has 1 aliphatic rings. The van der Waals surface area contributed by atoms with Crippen LogP contribution in [-0.4, -0.2) is 30.4 Å². The Labute approximate surface area is 107 Å². The van der Waals surface area contributed by atoms with Gasteiger partial charge in [-0.2, -0.15) is 0 Å². The van der Waals surface area contributed by atoms with Crippen molar-refractivity contribution >= 4 is 17.5 Å². The number of nitrogens with zero attached hydrogens (tertiary/aromatic N) is 1. The third-order valence-electron chi connectivity index (χ3n) is 3.22. The van der Waals surface area contributed by atoms with Crippen LogP contribution in [0.4, 0.5) is 0 Å². The topological polar surface area (TPSA) is 46.3 Å². The lowest BCUT2D eigenvalue weighted by atomic mass is 10.1. The minimum absolute atomic E-state index is 0.170. The number of amides is 1. The van der Waals surface area contributed by atoms with Gasteiger partial charge < -0.3 is 10.6 Å². The molecule has 0 spiro atoms. The smallest absolute Gasteiger partial charge is 0.227 e. The summed E-state index contributed by atoms with van der Waals surface area (Å²) in [5.74, 6) is 0.640. The van der Waals surface area contributed by atoms with Crippen LogP contribution >= 0.6 is 11.6 Å². The predicted molar refractivity (Wildman–Crippen MR) is 68.9 cm³/mol. The van der Waals surface area contributed by atoms with E-state index in [0.717, 1.165) is 25.1 Å². The molecule has 1 unspecified atom stereocenters. The molecule has 4 heteroatoms. The second-order valence-corrected chi connectivity index (χ2v) is 4.97. The number of nitrogens with two attached hydrogens (primary N) is 1. The Hall–Kier alpha value is -1.06. The molecule has 1 amide bonds. The highest BCUT2D eigenvalue weighted by atomic mass is 35.5. The fourth-order valence-corrected chi connectivity index (χ4v) is 2.40. The summed E-state index contributed by atoms with van der Waals surface area (Å²) >= 11 is 5.89. The molecule has 3 nitrogen and oxygen atoms in total. The van der Waals surface area contributed by atoms with Gasteiger partial charge in [-0.1, -0.05) is 23.7 Å². The van der Waals surface area contributed by atoms with Gasteiger partial charge in [0, 0.05) is 18.1 Å². The van der Waals surface area contributed by atoms with Crippen molar-refractivity contribution in [1.29, 1.82) is 0 Å². The SMILES string of the molecule is NCC1CCN(C(=O)Cc2cccc(Cl)c2)C1. The number of hydrogen-bond donors (Lipinski definition) is 1. The predicted octanol–water partition coefficient (Wildman–Crippen LogP) is 1.69. The first-order valence-corrected chi connectivity index (χ1v) is 6.29. The Kier molecular flexibility index (Phi) is 4.02. The van der Waals surface area contributed by atoms with E-state index in [2.05, 4.69) is 0 Å². The van der Waals surface area contributed by atoms with E-state index in [0.29, 0.717) is 23.9 Å². The van der Waals surface area contributed by atoms with Crippen molar-refractivity contribution in [2.45, 2.75) is 12.8 Å². The Balaban J connectivity index is 1.93. The van der Waals surface area contributed by atoms with Gasteiger partial charge in [0.15, 0.2) is 0 Å². The molecule has 1 fully saturated rings. The summed E-state index contributed by atoms with van der Waals surface area (Å²) in [6, 6.07) is 7.46. The molecule has 0 bridgehead atoms. The number of rotatable bonds is 3. The zero-order valence-electron chi connectivity index (χ0n) is 9.73. The van der Waals surface area contributed by atoms with Gasteiger partial charge in [-0.3, -0.25) is 4.79 Å². The number of carbonyl (C=O) groups is 1. The van der Waals surface area contributed by atoms with Crippen LogP contribution in [0.25, 0.3) is 0 Å². The van der Waals surface area contributed by atoms with Crippen molar-refractivity contribution < 1.29 is 4.79 Å². The molecule has 0 aliphatic carbocycles. The summed E-state index contributed by atoms with van der Waals surface area (Å²) < 4.78 is 0. The molecule has 0 aromatic heterocycles. The lowest BCUT2D eigenvalue weighted by Crippen LogP contribution is -2.31. The van der Waals surface area contributed by atoms with Crippen LogP contribution in [0.3, 0.4) is 0 Å². The van der Waals surface area contributed by atoms with Gasteiger partial charge in [0.2, 0.25) is 5.91 Å². The van der Waals surface area contributed by atoms with Gasteiger partial charge in [0.25, 0.3) is 0 Å². The zero-order valence-corrected chi connectivity index (χ0v) is 10.5. The summed E-state index contributed by atoms with van der Waals surface area (Å²) in [4.78, 5) is 13.9. The molecule has 92 valence electrons. The van der Waals surface area contributed by atoms with Crippen molar-refractivity contribution in [3.8, 4) is 0 Å². The van der Waals surface area contributed by atoms with Crippen molar-refractivity contribution in [3.63, 3.8) is 0 Å². The quantitative estimate of drug-likeness (QED) is 0.890. The van der Waals surface area contributed by atoms with E-state index in [-0.39, 0.29) is 5.91 Å². The fraction of sp³-hybridized carbons (Fsp3) is 0.462. The minimum atomic E-state index is 0.170. The lowest BCUT2D eigenvalue weighted by Gasteiger charge is -2.16. The maximum Gasteiger partial charge on any atom is 0.227 e. The van der Waals surface area contributed by atoms with Gasteiger partial charge in [0.05, 0.1) is 6.42 Å². The molecule has 1 atom stereocenters. The van der Waals surface area contributed by atoms with Crippen LogP contribution in [-0.2, 0) is 11.2 Å². The van der Waals surface area contributed by atoms with E-state index >= 15 is 0 Å². The largest absolute Gasteiger partial charge is 0.342 e. The van der Waals surface area contributed by atoms with E-state index < -0.39 is 0 Å². The lowest BCUT2D eigenvalue weighted by molar-refractivity contribution is -0.129. The van der Waals surface area contributed by atoms with E-state index in [1.165, 1.54) is 0 Å². The highest BCUT2D eigenvalue weighted by Gasteiger charge is 2.24. The number of benzene rings is 1. The Morgan fingerprint density at radius 2 is 2.35 bits per heavy atom. The van der Waals surface area contributed by atoms with E-state index in [9.17, 15) is 4.79 Å². The van der Waals surface area contributed by atoms with Crippen LogP contribution in [0.2, 0.25) is 5.02 Å². The summed E-state index contributed by atoms with van der Waals surface area (Å²) in [5, 5.41) is 0.677. The van der Waals surface area contributed by atoms with Crippen LogP contribution in [0.15, 0.2) is 24.3 Å². The van der Waals surface area contributed by atoms with Gasteiger partial charge in [-0.05, 0) is 36.6 Å². The third-order valence-corrected chi connectivity index (χ3v) is 3.45. The van der Waals surface area contributed by atoms with E-state index in [4.69, 9.17) is 17.3 Å². The van der Waals surface area contributed by atoms with Crippen LogP contribution in [0.1, 0.15) is 12.0 Å². The average molecular weight is 253 g/mol. The summed E-state index contributed by atoms with van der Waals surface area (Å²) in [6.45, 7) is 2.30. The van der Waals surface area contributed by atoms with Crippen molar-refractivity contribution in [2.75, 3.05) is 19.6 Å². The summed E-state index contributed by atoms with van der Waals surface area (Å²) in [5.41, 5.74) is 6.58. The van der Waals surface area contributed by atoms with E-state index in [1.54, 1.807) is 0 Å². The van der Waals surface area contributed by atoms with Crippen LogP contribution in [0, 0.1) is 5.92 Å². The second kappa shape index (κ2) is 5.52. The molecule has 1 saturated heterocycles. The first-order valence-electron chi connectivity index (χ1n) is 5.91. The van der Waals surface area contributed by atoms with Crippen molar-refractivity contribution in [1.82, 2.24) is 4.90 Å². The van der Waals surface area contributed by atoms with Gasteiger partial charge in [-0.15, -0.1) is 0 Å². The molecule has 0 saturated carbocycles. The Bertz CT molecular complexity index is 408. The molecule has 1 aromatic carbocycles. The molecule has 2 N–H and O–H groups in total. The third kappa shape index (κ3) is 3.20. The molecular weight excluding hydrogens is 236 g/mol. The van der Waals surface area contributed by atoms with Gasteiger partial charge in [0.1, 0.15) is 0 Å². The van der Waals surface area contributed by atoms with Gasteiger partial charge in [-0.25, -0.2) is 0 Å². The molecule has 1 aliphatic heterocycles. The Morgan fingerprint density at radius 1 is 1.53 bits per heavy atom. The number of carbonyl (C=O) groups excluding carboxylic acids is 1. The normalized spacial score (nSPS) is 19.6. The maximum absolute atomic E-state index is 12.0. The summed E-state index contributed by atoms with van der Waals surface area (Å²) in [6.07, 6.45) is 1.45. The average Bonchev–Trinajstić information content (AvgIpc) is 2.77. The molecule has 0 radical (unpaired) electrons. The van der Waals surface area contributed by atoms with Crippen molar-refractivity contribution in [2.24, 2.45) is 11.7 Å². The first-order chi connectivity index (χ1) is 8.19. The van der Waals surface area contributed by atoms with Crippen LogP contribution in [0.5, 0.6) is 0 Å². The number of halogens is 1. The Morgan fingerprint density at radius 3 is 3.00 bits per heavy atom. The van der Waals surface area contributed by atoms with Gasteiger partial charge >= 0.3 is 0 Å². The maximum atomic E-state index is 12.0. The fourth-order valence-electron chi connectivity index (χ4n) is 2.18. The second-order valence-electron chi connectivity index (χ2n) is 4.54. The molecule has 1 aromatic rings. The standard InChI is InChI=1S/C13H17ClN2O/c14-12-3-1-2-10(6-12)7-13(17)16-5-4-11(8-15)9-16/h1-3,6,11H,4-5,7-9,15H2. The highest BCUT2D eigenvalue weighted by molar-refractivity contribution is 6.30. The molecule has 17 heavy (non-hydrogen) atoms.